The van der Waals surface area contributed by atoms with Crippen LogP contribution >= 0.6 is 27.7 Å². The number of aromatic nitrogens is 1. The zero-order valence-electron chi connectivity index (χ0n) is 9.00. The van der Waals surface area contributed by atoms with Crippen LogP contribution in [0.25, 0.3) is 0 Å². The van der Waals surface area contributed by atoms with E-state index in [9.17, 15) is 4.79 Å². The minimum atomic E-state index is 0.103. The standard InChI is InChI=1S/C11H13BrN2OS/c1-7-5-8(6-13-10(7)12)14-11(15)9-3-2-4-16-9/h5-6,9H,2-4H2,1H3,(H,14,15). The molecule has 5 heteroatoms. The summed E-state index contributed by atoms with van der Waals surface area (Å²) in [5, 5.41) is 3.02. The number of aryl methyl sites for hydroxylation is 1. The molecule has 2 heterocycles. The first-order valence-electron chi connectivity index (χ1n) is 5.21. The summed E-state index contributed by atoms with van der Waals surface area (Å²) in [6, 6.07) is 1.93. The number of hydrogen-bond acceptors (Lipinski definition) is 3. The molecule has 0 spiro atoms. The highest BCUT2D eigenvalue weighted by Gasteiger charge is 2.23. The van der Waals surface area contributed by atoms with E-state index in [2.05, 4.69) is 26.2 Å². The number of hydrogen-bond donors (Lipinski definition) is 1. The van der Waals surface area contributed by atoms with E-state index < -0.39 is 0 Å². The van der Waals surface area contributed by atoms with Gasteiger partial charge in [-0.15, -0.1) is 11.8 Å². The number of thioether (sulfide) groups is 1. The molecule has 1 unspecified atom stereocenters. The van der Waals surface area contributed by atoms with Crippen molar-refractivity contribution in [2.24, 2.45) is 0 Å². The van der Waals surface area contributed by atoms with Crippen LogP contribution in [0, 0.1) is 6.92 Å². The van der Waals surface area contributed by atoms with Crippen LogP contribution in [0.15, 0.2) is 16.9 Å². The summed E-state index contributed by atoms with van der Waals surface area (Å²) in [6.45, 7) is 1.96. The molecule has 1 aliphatic rings. The monoisotopic (exact) mass is 300 g/mol. The van der Waals surface area contributed by atoms with E-state index in [1.165, 1.54) is 0 Å². The molecule has 1 atom stereocenters. The van der Waals surface area contributed by atoms with Gasteiger partial charge in [0.05, 0.1) is 17.1 Å². The lowest BCUT2D eigenvalue weighted by Crippen LogP contribution is -2.22. The van der Waals surface area contributed by atoms with Gasteiger partial charge < -0.3 is 5.32 Å². The molecule has 86 valence electrons. The van der Waals surface area contributed by atoms with Crippen LogP contribution < -0.4 is 5.32 Å². The highest BCUT2D eigenvalue weighted by molar-refractivity contribution is 9.10. The molecule has 2 rings (SSSR count). The van der Waals surface area contributed by atoms with Gasteiger partial charge in [-0.1, -0.05) is 0 Å². The molecule has 1 fully saturated rings. The summed E-state index contributed by atoms with van der Waals surface area (Å²) in [5.74, 6) is 1.20. The van der Waals surface area contributed by atoms with Gasteiger partial charge in [0.25, 0.3) is 0 Å². The summed E-state index contributed by atoms with van der Waals surface area (Å²) in [5.41, 5.74) is 1.80. The first-order chi connectivity index (χ1) is 7.66. The summed E-state index contributed by atoms with van der Waals surface area (Å²) in [6.07, 6.45) is 3.80. The number of carbonyl (C=O) groups is 1. The van der Waals surface area contributed by atoms with Crippen LogP contribution in [-0.4, -0.2) is 21.9 Å². The molecule has 1 aromatic heterocycles. The van der Waals surface area contributed by atoms with Gasteiger partial charge in [0, 0.05) is 0 Å². The Labute approximate surface area is 108 Å². The number of pyridine rings is 1. The van der Waals surface area contributed by atoms with Crippen molar-refractivity contribution in [3.8, 4) is 0 Å². The average molecular weight is 301 g/mol. The van der Waals surface area contributed by atoms with Gasteiger partial charge in [-0.05, 0) is 53.1 Å². The van der Waals surface area contributed by atoms with Crippen molar-refractivity contribution in [1.29, 1.82) is 0 Å². The second-order valence-corrected chi connectivity index (χ2v) is 5.88. The summed E-state index contributed by atoms with van der Waals surface area (Å²) >= 11 is 5.07. The molecule has 0 aromatic carbocycles. The Balaban J connectivity index is 2.02. The van der Waals surface area contributed by atoms with Gasteiger partial charge in [0.1, 0.15) is 4.60 Å². The first-order valence-corrected chi connectivity index (χ1v) is 7.05. The summed E-state index contributed by atoms with van der Waals surface area (Å²) < 4.78 is 0.820. The van der Waals surface area contributed by atoms with E-state index in [-0.39, 0.29) is 11.2 Å². The van der Waals surface area contributed by atoms with Crippen molar-refractivity contribution >= 4 is 39.3 Å². The fourth-order valence-corrected chi connectivity index (χ4v) is 3.01. The van der Waals surface area contributed by atoms with Crippen LogP contribution in [0.4, 0.5) is 5.69 Å². The van der Waals surface area contributed by atoms with Gasteiger partial charge in [0.15, 0.2) is 0 Å². The molecular weight excluding hydrogens is 288 g/mol. The fraction of sp³-hybridized carbons (Fsp3) is 0.455. The highest BCUT2D eigenvalue weighted by atomic mass is 79.9. The maximum atomic E-state index is 11.8. The molecular formula is C11H13BrN2OS. The van der Waals surface area contributed by atoms with E-state index in [0.717, 1.165) is 34.4 Å². The number of halogens is 1. The van der Waals surface area contributed by atoms with Crippen LogP contribution in [0.5, 0.6) is 0 Å². The Morgan fingerprint density at radius 2 is 2.50 bits per heavy atom. The third-order valence-corrected chi connectivity index (χ3v) is 4.71. The SMILES string of the molecule is Cc1cc(NC(=O)C2CCCS2)cnc1Br. The van der Waals surface area contributed by atoms with Crippen molar-refractivity contribution in [2.45, 2.75) is 25.0 Å². The lowest BCUT2D eigenvalue weighted by atomic mass is 10.2. The van der Waals surface area contributed by atoms with Crippen molar-refractivity contribution < 1.29 is 4.79 Å². The zero-order valence-corrected chi connectivity index (χ0v) is 11.4. The zero-order chi connectivity index (χ0) is 11.5. The van der Waals surface area contributed by atoms with Crippen molar-refractivity contribution in [1.82, 2.24) is 4.98 Å². The topological polar surface area (TPSA) is 42.0 Å². The predicted octanol–water partition coefficient (Wildman–Crippen LogP) is 2.99. The van der Waals surface area contributed by atoms with Crippen LogP contribution in [-0.2, 0) is 4.79 Å². The Morgan fingerprint density at radius 1 is 1.69 bits per heavy atom. The predicted molar refractivity (Wildman–Crippen MR) is 70.8 cm³/mol. The number of carbonyl (C=O) groups excluding carboxylic acids is 1. The van der Waals surface area contributed by atoms with E-state index in [1.54, 1.807) is 18.0 Å². The number of nitrogens with one attached hydrogen (secondary N) is 1. The lowest BCUT2D eigenvalue weighted by molar-refractivity contribution is -0.115. The molecule has 16 heavy (non-hydrogen) atoms. The van der Waals surface area contributed by atoms with Gasteiger partial charge in [-0.25, -0.2) is 4.98 Å². The van der Waals surface area contributed by atoms with Crippen LogP contribution in [0.3, 0.4) is 0 Å². The molecule has 1 aromatic rings. The smallest absolute Gasteiger partial charge is 0.237 e. The van der Waals surface area contributed by atoms with E-state index in [0.29, 0.717) is 0 Å². The summed E-state index contributed by atoms with van der Waals surface area (Å²) in [4.78, 5) is 16.0. The van der Waals surface area contributed by atoms with Gasteiger partial charge >= 0.3 is 0 Å². The summed E-state index contributed by atoms with van der Waals surface area (Å²) in [7, 11) is 0. The molecule has 1 amide bonds. The van der Waals surface area contributed by atoms with Crippen molar-refractivity contribution in [3.63, 3.8) is 0 Å². The van der Waals surface area contributed by atoms with E-state index >= 15 is 0 Å². The third kappa shape index (κ3) is 2.77. The number of rotatable bonds is 2. The second kappa shape index (κ2) is 5.19. The molecule has 1 saturated heterocycles. The van der Waals surface area contributed by atoms with E-state index in [1.807, 2.05) is 13.0 Å². The molecule has 1 N–H and O–H groups in total. The van der Waals surface area contributed by atoms with Gasteiger partial charge in [0.2, 0.25) is 5.91 Å². The second-order valence-electron chi connectivity index (χ2n) is 3.82. The minimum absolute atomic E-state index is 0.103. The fourth-order valence-electron chi connectivity index (χ4n) is 1.63. The molecule has 0 bridgehead atoms. The number of amides is 1. The van der Waals surface area contributed by atoms with Crippen LogP contribution in [0.1, 0.15) is 18.4 Å². The molecule has 0 radical (unpaired) electrons. The normalized spacial score (nSPS) is 19.8. The Hall–Kier alpha value is -0.550. The maximum Gasteiger partial charge on any atom is 0.237 e. The molecule has 0 aliphatic carbocycles. The van der Waals surface area contributed by atoms with Gasteiger partial charge in [-0.2, -0.15) is 0 Å². The van der Waals surface area contributed by atoms with Gasteiger partial charge in [-0.3, -0.25) is 4.79 Å². The third-order valence-electron chi connectivity index (χ3n) is 2.50. The quantitative estimate of drug-likeness (QED) is 0.854. The molecule has 3 nitrogen and oxygen atoms in total. The largest absolute Gasteiger partial charge is 0.324 e. The molecule has 0 saturated carbocycles. The molecule has 1 aliphatic heterocycles. The van der Waals surface area contributed by atoms with Crippen molar-refractivity contribution in [3.05, 3.63) is 22.4 Å². The number of anilines is 1. The average Bonchev–Trinajstić information content (AvgIpc) is 2.77. The highest BCUT2D eigenvalue weighted by Crippen LogP contribution is 2.27. The Morgan fingerprint density at radius 3 is 3.12 bits per heavy atom. The first kappa shape index (κ1) is 11.9. The lowest BCUT2D eigenvalue weighted by Gasteiger charge is -2.10. The number of nitrogens with zero attached hydrogens (tertiary/aromatic N) is 1. The minimum Gasteiger partial charge on any atom is -0.324 e. The van der Waals surface area contributed by atoms with Crippen LogP contribution in [0.2, 0.25) is 0 Å². The Kier molecular flexibility index (Phi) is 3.86. The Bertz CT molecular complexity index is 405. The van der Waals surface area contributed by atoms with E-state index in [4.69, 9.17) is 0 Å². The maximum absolute atomic E-state index is 11.8. The van der Waals surface area contributed by atoms with Crippen molar-refractivity contribution in [2.75, 3.05) is 11.1 Å².